The standard InChI is InChI=1S/C14H17ClO2/c1-5-6-10-7-8-12(15)11(9-10)13(16)17-14(2,3)4/h5,7-9H,1,6H2,2-4H3. The van der Waals surface area contributed by atoms with Crippen molar-refractivity contribution in [2.75, 3.05) is 0 Å². The molecule has 92 valence electrons. The smallest absolute Gasteiger partial charge is 0.340 e. The molecule has 0 aliphatic carbocycles. The van der Waals surface area contributed by atoms with Gasteiger partial charge in [0.2, 0.25) is 0 Å². The minimum atomic E-state index is -0.519. The molecule has 0 radical (unpaired) electrons. The number of esters is 1. The van der Waals surface area contributed by atoms with Crippen LogP contribution in [0.25, 0.3) is 0 Å². The quantitative estimate of drug-likeness (QED) is 0.600. The predicted molar refractivity (Wildman–Crippen MR) is 70.5 cm³/mol. The number of hydrogen-bond acceptors (Lipinski definition) is 2. The van der Waals surface area contributed by atoms with Crippen LogP contribution in [0.3, 0.4) is 0 Å². The molecule has 0 fully saturated rings. The molecule has 0 atom stereocenters. The second kappa shape index (κ2) is 5.37. The Morgan fingerprint density at radius 1 is 1.47 bits per heavy atom. The van der Waals surface area contributed by atoms with E-state index < -0.39 is 11.6 Å². The number of rotatable bonds is 3. The van der Waals surface area contributed by atoms with Gasteiger partial charge in [-0.3, -0.25) is 0 Å². The molecule has 1 aromatic carbocycles. The molecule has 0 aromatic heterocycles. The lowest BCUT2D eigenvalue weighted by atomic mass is 10.1. The van der Waals surface area contributed by atoms with E-state index in [2.05, 4.69) is 6.58 Å². The Labute approximate surface area is 107 Å². The van der Waals surface area contributed by atoms with Crippen LogP contribution in [0.4, 0.5) is 0 Å². The predicted octanol–water partition coefficient (Wildman–Crippen LogP) is 4.02. The Kier molecular flexibility index (Phi) is 4.35. The molecule has 1 rings (SSSR count). The summed E-state index contributed by atoms with van der Waals surface area (Å²) in [5, 5.41) is 0.409. The first-order valence-corrected chi connectivity index (χ1v) is 5.84. The number of ether oxygens (including phenoxy) is 1. The van der Waals surface area contributed by atoms with E-state index in [0.29, 0.717) is 17.0 Å². The highest BCUT2D eigenvalue weighted by atomic mass is 35.5. The van der Waals surface area contributed by atoms with E-state index in [1.54, 1.807) is 18.2 Å². The monoisotopic (exact) mass is 252 g/mol. The van der Waals surface area contributed by atoms with Crippen molar-refractivity contribution in [2.24, 2.45) is 0 Å². The van der Waals surface area contributed by atoms with Crippen molar-refractivity contribution in [1.82, 2.24) is 0 Å². The molecular formula is C14H17ClO2. The van der Waals surface area contributed by atoms with Gasteiger partial charge in [-0.15, -0.1) is 6.58 Å². The maximum Gasteiger partial charge on any atom is 0.340 e. The summed E-state index contributed by atoms with van der Waals surface area (Å²) >= 11 is 5.99. The highest BCUT2D eigenvalue weighted by Gasteiger charge is 2.20. The first kappa shape index (κ1) is 13.8. The van der Waals surface area contributed by atoms with Crippen LogP contribution in [0.5, 0.6) is 0 Å². The summed E-state index contributed by atoms with van der Waals surface area (Å²) in [5.41, 5.74) is 0.876. The average Bonchev–Trinajstić information content (AvgIpc) is 2.18. The summed E-state index contributed by atoms with van der Waals surface area (Å²) in [6, 6.07) is 5.33. The topological polar surface area (TPSA) is 26.3 Å². The summed E-state index contributed by atoms with van der Waals surface area (Å²) in [7, 11) is 0. The van der Waals surface area contributed by atoms with E-state index in [4.69, 9.17) is 16.3 Å². The van der Waals surface area contributed by atoms with E-state index in [1.807, 2.05) is 26.8 Å². The molecular weight excluding hydrogens is 236 g/mol. The largest absolute Gasteiger partial charge is 0.456 e. The van der Waals surface area contributed by atoms with Crippen LogP contribution in [-0.4, -0.2) is 11.6 Å². The van der Waals surface area contributed by atoms with Crippen LogP contribution in [0, 0.1) is 0 Å². The lowest BCUT2D eigenvalue weighted by molar-refractivity contribution is 0.00696. The Morgan fingerprint density at radius 2 is 2.12 bits per heavy atom. The van der Waals surface area contributed by atoms with Crippen LogP contribution >= 0.6 is 11.6 Å². The molecule has 0 N–H and O–H groups in total. The number of hydrogen-bond donors (Lipinski definition) is 0. The van der Waals surface area contributed by atoms with E-state index in [0.717, 1.165) is 5.56 Å². The normalized spacial score (nSPS) is 11.1. The number of benzene rings is 1. The van der Waals surface area contributed by atoms with E-state index >= 15 is 0 Å². The van der Waals surface area contributed by atoms with Crippen molar-refractivity contribution in [3.63, 3.8) is 0 Å². The third-order valence-electron chi connectivity index (χ3n) is 2.03. The Morgan fingerprint density at radius 3 is 2.65 bits per heavy atom. The maximum absolute atomic E-state index is 11.9. The molecule has 0 saturated heterocycles. The molecule has 0 amide bonds. The molecule has 0 bridgehead atoms. The molecule has 0 aliphatic rings. The molecule has 0 aliphatic heterocycles. The summed E-state index contributed by atoms with van der Waals surface area (Å²) in [5.74, 6) is -0.395. The maximum atomic E-state index is 11.9. The van der Waals surface area contributed by atoms with Crippen molar-refractivity contribution in [3.8, 4) is 0 Å². The van der Waals surface area contributed by atoms with Crippen LogP contribution < -0.4 is 0 Å². The first-order valence-electron chi connectivity index (χ1n) is 5.46. The van der Waals surface area contributed by atoms with Gasteiger partial charge in [-0.25, -0.2) is 4.79 Å². The van der Waals surface area contributed by atoms with Crippen LogP contribution in [0.15, 0.2) is 30.9 Å². The molecule has 0 heterocycles. The van der Waals surface area contributed by atoms with Gasteiger partial charge < -0.3 is 4.74 Å². The SMILES string of the molecule is C=CCc1ccc(Cl)c(C(=O)OC(C)(C)C)c1. The first-order chi connectivity index (χ1) is 7.83. The summed E-state index contributed by atoms with van der Waals surface area (Å²) in [6.07, 6.45) is 2.48. The zero-order valence-electron chi connectivity index (χ0n) is 10.4. The highest BCUT2D eigenvalue weighted by molar-refractivity contribution is 6.33. The van der Waals surface area contributed by atoms with Gasteiger partial charge in [0.05, 0.1) is 10.6 Å². The number of carbonyl (C=O) groups is 1. The van der Waals surface area contributed by atoms with Gasteiger partial charge in [0.1, 0.15) is 5.60 Å². The van der Waals surface area contributed by atoms with Crippen molar-refractivity contribution < 1.29 is 9.53 Å². The Hall–Kier alpha value is -1.28. The summed E-state index contributed by atoms with van der Waals surface area (Å²) in [4.78, 5) is 11.9. The van der Waals surface area contributed by atoms with Gasteiger partial charge in [0.15, 0.2) is 0 Å². The molecule has 0 saturated carbocycles. The van der Waals surface area contributed by atoms with Gasteiger partial charge in [-0.05, 0) is 44.9 Å². The van der Waals surface area contributed by atoms with Gasteiger partial charge in [-0.2, -0.15) is 0 Å². The van der Waals surface area contributed by atoms with Gasteiger partial charge >= 0.3 is 5.97 Å². The van der Waals surface area contributed by atoms with Gasteiger partial charge in [0.25, 0.3) is 0 Å². The van der Waals surface area contributed by atoms with Crippen LogP contribution in [-0.2, 0) is 11.2 Å². The average molecular weight is 253 g/mol. The molecule has 1 aromatic rings. The third-order valence-corrected chi connectivity index (χ3v) is 2.36. The third kappa shape index (κ3) is 4.23. The van der Waals surface area contributed by atoms with Crippen molar-refractivity contribution in [3.05, 3.63) is 47.0 Å². The number of halogens is 1. The van der Waals surface area contributed by atoms with Crippen molar-refractivity contribution >= 4 is 17.6 Å². The number of allylic oxidation sites excluding steroid dienone is 1. The minimum Gasteiger partial charge on any atom is -0.456 e. The van der Waals surface area contributed by atoms with Crippen LogP contribution in [0.1, 0.15) is 36.7 Å². The Balaban J connectivity index is 2.99. The highest BCUT2D eigenvalue weighted by Crippen LogP contribution is 2.21. The minimum absolute atomic E-state index is 0.395. The molecule has 2 nitrogen and oxygen atoms in total. The fourth-order valence-electron chi connectivity index (χ4n) is 1.36. The second-order valence-corrected chi connectivity index (χ2v) is 5.22. The lowest BCUT2D eigenvalue weighted by Crippen LogP contribution is -2.24. The van der Waals surface area contributed by atoms with Crippen molar-refractivity contribution in [2.45, 2.75) is 32.8 Å². The van der Waals surface area contributed by atoms with Gasteiger partial charge in [-0.1, -0.05) is 23.7 Å². The second-order valence-electron chi connectivity index (χ2n) is 4.81. The fraction of sp³-hybridized carbons (Fsp3) is 0.357. The molecule has 0 spiro atoms. The number of carbonyl (C=O) groups excluding carboxylic acids is 1. The van der Waals surface area contributed by atoms with E-state index in [9.17, 15) is 4.79 Å². The zero-order chi connectivity index (χ0) is 13.1. The van der Waals surface area contributed by atoms with E-state index in [1.165, 1.54) is 0 Å². The van der Waals surface area contributed by atoms with Crippen molar-refractivity contribution in [1.29, 1.82) is 0 Å². The summed E-state index contributed by atoms with van der Waals surface area (Å²) < 4.78 is 5.29. The van der Waals surface area contributed by atoms with E-state index in [-0.39, 0.29) is 0 Å². The molecule has 0 unspecified atom stereocenters. The molecule has 17 heavy (non-hydrogen) atoms. The van der Waals surface area contributed by atoms with Gasteiger partial charge in [0, 0.05) is 0 Å². The zero-order valence-corrected chi connectivity index (χ0v) is 11.2. The van der Waals surface area contributed by atoms with Crippen LogP contribution in [0.2, 0.25) is 5.02 Å². The lowest BCUT2D eigenvalue weighted by Gasteiger charge is -2.20. The molecule has 3 heteroatoms. The summed E-state index contributed by atoms with van der Waals surface area (Å²) in [6.45, 7) is 9.14. The Bertz CT molecular complexity index is 430. The fourth-order valence-corrected chi connectivity index (χ4v) is 1.55.